The SMILES string of the molecule is CNC(=O)NC(=O)C(C)NCc1nc(C)no1. The van der Waals surface area contributed by atoms with Gasteiger partial charge in [-0.2, -0.15) is 4.98 Å². The second-order valence-electron chi connectivity index (χ2n) is 3.41. The molecule has 0 radical (unpaired) electrons. The number of aryl methyl sites for hydroxylation is 1. The summed E-state index contributed by atoms with van der Waals surface area (Å²) in [5, 5.41) is 10.9. The molecule has 0 fully saturated rings. The van der Waals surface area contributed by atoms with Crippen LogP contribution < -0.4 is 16.0 Å². The van der Waals surface area contributed by atoms with E-state index in [1.807, 2.05) is 0 Å². The summed E-state index contributed by atoms with van der Waals surface area (Å²) in [4.78, 5) is 26.3. The molecule has 17 heavy (non-hydrogen) atoms. The van der Waals surface area contributed by atoms with Gasteiger partial charge in [-0.15, -0.1) is 0 Å². The second kappa shape index (κ2) is 5.94. The molecule has 3 amide bonds. The van der Waals surface area contributed by atoms with E-state index >= 15 is 0 Å². The molecule has 1 heterocycles. The number of imide groups is 1. The maximum atomic E-state index is 11.4. The first-order valence-electron chi connectivity index (χ1n) is 5.08. The molecule has 0 aliphatic heterocycles. The highest BCUT2D eigenvalue weighted by atomic mass is 16.5. The number of rotatable bonds is 4. The zero-order valence-electron chi connectivity index (χ0n) is 9.90. The highest BCUT2D eigenvalue weighted by molar-refractivity contribution is 5.96. The van der Waals surface area contributed by atoms with Crippen molar-refractivity contribution in [3.63, 3.8) is 0 Å². The molecule has 8 heteroatoms. The van der Waals surface area contributed by atoms with Crippen LogP contribution in [-0.4, -0.2) is 35.2 Å². The van der Waals surface area contributed by atoms with E-state index in [0.29, 0.717) is 11.7 Å². The Hall–Kier alpha value is -1.96. The standard InChI is InChI=1S/C9H15N5O3/c1-5(8(15)13-9(16)10-3)11-4-7-12-6(2)14-17-7/h5,11H,4H2,1-3H3,(H2,10,13,15,16). The normalized spacial score (nSPS) is 11.9. The third kappa shape index (κ3) is 4.19. The van der Waals surface area contributed by atoms with Crippen molar-refractivity contribution in [2.75, 3.05) is 7.05 Å². The lowest BCUT2D eigenvalue weighted by Crippen LogP contribution is -2.47. The van der Waals surface area contributed by atoms with Crippen LogP contribution in [0.15, 0.2) is 4.52 Å². The monoisotopic (exact) mass is 241 g/mol. The molecular weight excluding hydrogens is 226 g/mol. The van der Waals surface area contributed by atoms with Crippen LogP contribution >= 0.6 is 0 Å². The van der Waals surface area contributed by atoms with Gasteiger partial charge in [0, 0.05) is 7.05 Å². The summed E-state index contributed by atoms with van der Waals surface area (Å²) in [7, 11) is 1.43. The molecule has 0 saturated carbocycles. The first-order chi connectivity index (χ1) is 8.02. The van der Waals surface area contributed by atoms with Crippen molar-refractivity contribution in [2.24, 2.45) is 0 Å². The highest BCUT2D eigenvalue weighted by Gasteiger charge is 2.15. The molecule has 0 bridgehead atoms. The number of nitrogens with zero attached hydrogens (tertiary/aromatic N) is 2. The first-order valence-corrected chi connectivity index (χ1v) is 5.08. The molecule has 1 rings (SSSR count). The third-order valence-corrected chi connectivity index (χ3v) is 1.99. The Morgan fingerprint density at radius 3 is 2.71 bits per heavy atom. The molecule has 0 aliphatic carbocycles. The van der Waals surface area contributed by atoms with Crippen molar-refractivity contribution in [1.82, 2.24) is 26.1 Å². The minimum absolute atomic E-state index is 0.267. The maximum absolute atomic E-state index is 11.4. The second-order valence-corrected chi connectivity index (χ2v) is 3.41. The number of hydrogen-bond donors (Lipinski definition) is 3. The summed E-state index contributed by atoms with van der Waals surface area (Å²) in [5.41, 5.74) is 0. The zero-order chi connectivity index (χ0) is 12.8. The van der Waals surface area contributed by atoms with E-state index < -0.39 is 18.0 Å². The molecule has 94 valence electrons. The molecule has 1 atom stereocenters. The Morgan fingerprint density at radius 2 is 2.18 bits per heavy atom. The molecule has 1 aromatic rings. The van der Waals surface area contributed by atoms with E-state index in [9.17, 15) is 9.59 Å². The van der Waals surface area contributed by atoms with E-state index in [0.717, 1.165) is 0 Å². The molecule has 3 N–H and O–H groups in total. The Bertz CT molecular complexity index is 403. The first kappa shape index (κ1) is 13.1. The fourth-order valence-corrected chi connectivity index (χ4v) is 1.03. The number of aromatic nitrogens is 2. The fourth-order valence-electron chi connectivity index (χ4n) is 1.03. The molecule has 0 aromatic carbocycles. The van der Waals surface area contributed by atoms with Crippen molar-refractivity contribution < 1.29 is 14.1 Å². The lowest BCUT2D eigenvalue weighted by molar-refractivity contribution is -0.121. The average molecular weight is 241 g/mol. The number of nitrogens with one attached hydrogen (secondary N) is 3. The summed E-state index contributed by atoms with van der Waals surface area (Å²) in [6.07, 6.45) is 0. The molecule has 1 unspecified atom stereocenters. The van der Waals surface area contributed by atoms with Crippen LogP contribution in [0.5, 0.6) is 0 Å². The summed E-state index contributed by atoms with van der Waals surface area (Å²) < 4.78 is 4.86. The van der Waals surface area contributed by atoms with Gasteiger partial charge in [-0.3, -0.25) is 15.4 Å². The predicted octanol–water partition coefficient (Wildman–Crippen LogP) is -0.688. The van der Waals surface area contributed by atoms with Gasteiger partial charge < -0.3 is 9.84 Å². The van der Waals surface area contributed by atoms with Gasteiger partial charge in [-0.05, 0) is 13.8 Å². The third-order valence-electron chi connectivity index (χ3n) is 1.99. The molecule has 1 aromatic heterocycles. The molecule has 0 saturated heterocycles. The molecular formula is C9H15N5O3. The molecule has 0 aliphatic rings. The smallest absolute Gasteiger partial charge is 0.321 e. The van der Waals surface area contributed by atoms with E-state index in [-0.39, 0.29) is 6.54 Å². The lowest BCUT2D eigenvalue weighted by atomic mass is 10.3. The average Bonchev–Trinajstić information content (AvgIpc) is 2.71. The number of urea groups is 1. The lowest BCUT2D eigenvalue weighted by Gasteiger charge is -2.11. The number of hydrogen-bond acceptors (Lipinski definition) is 6. The summed E-state index contributed by atoms with van der Waals surface area (Å²) in [6.45, 7) is 3.60. The summed E-state index contributed by atoms with van der Waals surface area (Å²) >= 11 is 0. The van der Waals surface area contributed by atoms with Gasteiger partial charge in [-0.25, -0.2) is 4.79 Å². The van der Waals surface area contributed by atoms with E-state index in [1.54, 1.807) is 13.8 Å². The van der Waals surface area contributed by atoms with Gasteiger partial charge in [0.25, 0.3) is 0 Å². The fraction of sp³-hybridized carbons (Fsp3) is 0.556. The van der Waals surface area contributed by atoms with Crippen LogP contribution in [0.25, 0.3) is 0 Å². The minimum Gasteiger partial charge on any atom is -0.341 e. The minimum atomic E-state index is -0.544. The Morgan fingerprint density at radius 1 is 1.47 bits per heavy atom. The number of amides is 3. The van der Waals surface area contributed by atoms with Crippen molar-refractivity contribution in [1.29, 1.82) is 0 Å². The summed E-state index contributed by atoms with van der Waals surface area (Å²) in [6, 6.07) is -1.09. The van der Waals surface area contributed by atoms with E-state index in [2.05, 4.69) is 26.1 Å². The predicted molar refractivity (Wildman–Crippen MR) is 57.9 cm³/mol. The molecule has 8 nitrogen and oxygen atoms in total. The van der Waals surface area contributed by atoms with Crippen LogP contribution in [0.1, 0.15) is 18.6 Å². The Kier molecular flexibility index (Phi) is 4.58. The highest BCUT2D eigenvalue weighted by Crippen LogP contribution is 1.95. The van der Waals surface area contributed by atoms with Gasteiger partial charge in [0.15, 0.2) is 5.82 Å². The Balaban J connectivity index is 2.36. The van der Waals surface area contributed by atoms with Gasteiger partial charge in [-0.1, -0.05) is 5.16 Å². The zero-order valence-corrected chi connectivity index (χ0v) is 9.90. The van der Waals surface area contributed by atoms with Gasteiger partial charge in [0.05, 0.1) is 12.6 Å². The Labute approximate surface area is 98.1 Å². The van der Waals surface area contributed by atoms with Crippen molar-refractivity contribution >= 4 is 11.9 Å². The van der Waals surface area contributed by atoms with Crippen molar-refractivity contribution in [2.45, 2.75) is 26.4 Å². The van der Waals surface area contributed by atoms with E-state index in [4.69, 9.17) is 4.52 Å². The van der Waals surface area contributed by atoms with E-state index in [1.165, 1.54) is 7.05 Å². The van der Waals surface area contributed by atoms with Crippen LogP contribution in [0.4, 0.5) is 4.79 Å². The van der Waals surface area contributed by atoms with Crippen molar-refractivity contribution in [3.05, 3.63) is 11.7 Å². The number of carbonyl (C=O) groups is 2. The van der Waals surface area contributed by atoms with Crippen LogP contribution in [0.2, 0.25) is 0 Å². The maximum Gasteiger partial charge on any atom is 0.321 e. The van der Waals surface area contributed by atoms with Gasteiger partial charge in [0.1, 0.15) is 0 Å². The van der Waals surface area contributed by atoms with Gasteiger partial charge >= 0.3 is 6.03 Å². The number of carbonyl (C=O) groups excluding carboxylic acids is 2. The van der Waals surface area contributed by atoms with Crippen LogP contribution in [0, 0.1) is 6.92 Å². The largest absolute Gasteiger partial charge is 0.341 e. The topological polar surface area (TPSA) is 109 Å². The van der Waals surface area contributed by atoms with Gasteiger partial charge in [0.2, 0.25) is 11.8 Å². The van der Waals surface area contributed by atoms with Crippen molar-refractivity contribution in [3.8, 4) is 0 Å². The summed E-state index contributed by atoms with van der Waals surface area (Å²) in [5.74, 6) is 0.493. The van der Waals surface area contributed by atoms with Crippen LogP contribution in [0.3, 0.4) is 0 Å². The quantitative estimate of drug-likeness (QED) is 0.644. The van der Waals surface area contributed by atoms with Crippen LogP contribution in [-0.2, 0) is 11.3 Å². The molecule has 0 spiro atoms.